The van der Waals surface area contributed by atoms with Gasteiger partial charge in [0.05, 0.1) is 11.4 Å². The number of nitrogens with one attached hydrogen (secondary N) is 1. The number of phenolic OH excluding ortho intramolecular Hbond substituents is 1. The molecule has 0 radical (unpaired) electrons. The number of phenols is 1. The Balaban J connectivity index is 1.98. The van der Waals surface area contributed by atoms with Crippen LogP contribution in [0.3, 0.4) is 0 Å². The first-order chi connectivity index (χ1) is 11.4. The van der Waals surface area contributed by atoms with Gasteiger partial charge >= 0.3 is 0 Å². The lowest BCUT2D eigenvalue weighted by molar-refractivity contribution is -0.120. The fourth-order valence-electron chi connectivity index (χ4n) is 2.53. The number of rotatable bonds is 3. The molecule has 2 amide bonds. The third-order valence-electron chi connectivity index (χ3n) is 3.80. The Bertz CT molecular complexity index is 890. The minimum absolute atomic E-state index is 0.0350. The van der Waals surface area contributed by atoms with Crippen molar-refractivity contribution in [2.45, 2.75) is 13.8 Å². The molecule has 24 heavy (non-hydrogen) atoms. The second-order valence-corrected chi connectivity index (χ2v) is 5.94. The van der Waals surface area contributed by atoms with Gasteiger partial charge in [-0.15, -0.1) is 0 Å². The van der Waals surface area contributed by atoms with Gasteiger partial charge in [-0.25, -0.2) is 4.90 Å². The molecule has 1 heterocycles. The maximum Gasteiger partial charge on any atom is 0.283 e. The maximum absolute atomic E-state index is 12.7. The zero-order chi connectivity index (χ0) is 17.4. The van der Waals surface area contributed by atoms with E-state index in [1.807, 2.05) is 26.0 Å². The van der Waals surface area contributed by atoms with Gasteiger partial charge in [-0.3, -0.25) is 9.59 Å². The maximum atomic E-state index is 12.7. The number of anilines is 2. The zero-order valence-electron chi connectivity index (χ0n) is 13.1. The summed E-state index contributed by atoms with van der Waals surface area (Å²) < 4.78 is 0. The number of para-hydroxylation sites is 1. The van der Waals surface area contributed by atoms with Crippen LogP contribution in [-0.2, 0) is 9.59 Å². The van der Waals surface area contributed by atoms with Crippen molar-refractivity contribution in [3.63, 3.8) is 0 Å². The van der Waals surface area contributed by atoms with E-state index in [0.717, 1.165) is 16.0 Å². The number of imide groups is 1. The van der Waals surface area contributed by atoms with Crippen LogP contribution in [0, 0.1) is 13.8 Å². The van der Waals surface area contributed by atoms with Crippen molar-refractivity contribution in [3.8, 4) is 5.75 Å². The summed E-state index contributed by atoms with van der Waals surface area (Å²) in [6.45, 7) is 3.66. The highest BCUT2D eigenvalue weighted by Gasteiger charge is 2.39. The van der Waals surface area contributed by atoms with E-state index in [-0.39, 0.29) is 16.5 Å². The molecule has 0 spiro atoms. The first kappa shape index (κ1) is 16.1. The molecule has 0 aliphatic carbocycles. The third-order valence-corrected chi connectivity index (χ3v) is 4.15. The number of aromatic hydroxyl groups is 1. The van der Waals surface area contributed by atoms with E-state index in [1.54, 1.807) is 24.3 Å². The van der Waals surface area contributed by atoms with Crippen molar-refractivity contribution in [1.82, 2.24) is 0 Å². The first-order valence-electron chi connectivity index (χ1n) is 7.31. The number of carbonyl (C=O) groups is 2. The second kappa shape index (κ2) is 6.02. The lowest BCUT2D eigenvalue weighted by Crippen LogP contribution is -2.32. The third kappa shape index (κ3) is 2.63. The molecule has 0 saturated heterocycles. The summed E-state index contributed by atoms with van der Waals surface area (Å²) in [5.41, 5.74) is 2.42. The van der Waals surface area contributed by atoms with Gasteiger partial charge in [0, 0.05) is 0 Å². The number of hydrogen-bond acceptors (Lipinski definition) is 4. The predicted molar refractivity (Wildman–Crippen MR) is 93.0 cm³/mol. The lowest BCUT2D eigenvalue weighted by Gasteiger charge is -2.17. The highest BCUT2D eigenvalue weighted by Crippen LogP contribution is 2.33. The van der Waals surface area contributed by atoms with Crippen LogP contribution in [0.1, 0.15) is 11.1 Å². The summed E-state index contributed by atoms with van der Waals surface area (Å²) in [6, 6.07) is 12.0. The molecule has 3 rings (SSSR count). The zero-order valence-corrected chi connectivity index (χ0v) is 13.9. The smallest absolute Gasteiger partial charge is 0.283 e. The highest BCUT2D eigenvalue weighted by molar-refractivity contribution is 6.53. The standard InChI is InChI=1S/C18H15ClN2O3/c1-10-7-8-14(22)12(9-10)20-16-15(19)17(23)21(18(16)24)13-6-4-3-5-11(13)2/h3-9,20,22H,1-2H3. The van der Waals surface area contributed by atoms with Crippen molar-refractivity contribution >= 4 is 34.8 Å². The van der Waals surface area contributed by atoms with Crippen LogP contribution in [0.5, 0.6) is 5.75 Å². The summed E-state index contributed by atoms with van der Waals surface area (Å²) in [5.74, 6) is -1.18. The number of aryl methyl sites for hydroxylation is 2. The molecular weight excluding hydrogens is 328 g/mol. The monoisotopic (exact) mass is 342 g/mol. The number of hydrogen-bond donors (Lipinski definition) is 2. The largest absolute Gasteiger partial charge is 0.506 e. The number of amides is 2. The van der Waals surface area contributed by atoms with Crippen LogP contribution in [0.2, 0.25) is 0 Å². The summed E-state index contributed by atoms with van der Waals surface area (Å²) in [6.07, 6.45) is 0. The molecular formula is C18H15ClN2O3. The Morgan fingerprint density at radius 2 is 1.75 bits per heavy atom. The fourth-order valence-corrected chi connectivity index (χ4v) is 2.74. The van der Waals surface area contributed by atoms with Gasteiger partial charge in [0.2, 0.25) is 0 Å². The topological polar surface area (TPSA) is 69.6 Å². The number of halogens is 1. The SMILES string of the molecule is Cc1ccc(O)c(NC2=C(Cl)C(=O)N(c3ccccc3C)C2=O)c1. The molecule has 1 aliphatic heterocycles. The molecule has 0 saturated carbocycles. The molecule has 0 atom stereocenters. The van der Waals surface area contributed by atoms with Crippen LogP contribution in [0.15, 0.2) is 53.2 Å². The number of carbonyl (C=O) groups excluding carboxylic acids is 2. The molecule has 0 unspecified atom stereocenters. The van der Waals surface area contributed by atoms with E-state index in [9.17, 15) is 14.7 Å². The summed E-state index contributed by atoms with van der Waals surface area (Å²) in [7, 11) is 0. The van der Waals surface area contributed by atoms with Crippen LogP contribution >= 0.6 is 11.6 Å². The van der Waals surface area contributed by atoms with Gasteiger partial charge in [-0.05, 0) is 43.2 Å². The van der Waals surface area contributed by atoms with Crippen molar-refractivity contribution in [3.05, 3.63) is 64.3 Å². The molecule has 0 aromatic heterocycles. The summed E-state index contributed by atoms with van der Waals surface area (Å²) >= 11 is 6.09. The van der Waals surface area contributed by atoms with E-state index in [2.05, 4.69) is 5.32 Å². The van der Waals surface area contributed by atoms with Crippen molar-refractivity contribution in [2.75, 3.05) is 10.2 Å². The lowest BCUT2D eigenvalue weighted by atomic mass is 10.2. The Morgan fingerprint density at radius 3 is 2.46 bits per heavy atom. The van der Waals surface area contributed by atoms with Crippen LogP contribution in [0.4, 0.5) is 11.4 Å². The molecule has 0 bridgehead atoms. The average Bonchev–Trinajstić information content (AvgIpc) is 2.75. The van der Waals surface area contributed by atoms with Gasteiger partial charge in [0.25, 0.3) is 11.8 Å². The summed E-state index contributed by atoms with van der Waals surface area (Å²) in [5, 5.41) is 12.5. The first-order valence-corrected chi connectivity index (χ1v) is 7.69. The van der Waals surface area contributed by atoms with E-state index < -0.39 is 11.8 Å². The van der Waals surface area contributed by atoms with Crippen molar-refractivity contribution < 1.29 is 14.7 Å². The van der Waals surface area contributed by atoms with Gasteiger partial charge < -0.3 is 10.4 Å². The van der Waals surface area contributed by atoms with Crippen LogP contribution in [0.25, 0.3) is 0 Å². The Kier molecular flexibility index (Phi) is 4.03. The Hall–Kier alpha value is -2.79. The molecule has 2 N–H and O–H groups in total. The summed E-state index contributed by atoms with van der Waals surface area (Å²) in [4.78, 5) is 26.2. The molecule has 0 fully saturated rings. The predicted octanol–water partition coefficient (Wildman–Crippen LogP) is 3.44. The van der Waals surface area contributed by atoms with Gasteiger partial charge in [0.15, 0.2) is 0 Å². The van der Waals surface area contributed by atoms with Crippen LogP contribution in [-0.4, -0.2) is 16.9 Å². The Morgan fingerprint density at radius 1 is 1.04 bits per heavy atom. The van der Waals surface area contributed by atoms with Gasteiger partial charge in [-0.1, -0.05) is 35.9 Å². The number of benzene rings is 2. The van der Waals surface area contributed by atoms with Crippen molar-refractivity contribution in [2.24, 2.45) is 0 Å². The quantitative estimate of drug-likeness (QED) is 0.662. The van der Waals surface area contributed by atoms with Crippen LogP contribution < -0.4 is 10.2 Å². The van der Waals surface area contributed by atoms with Gasteiger partial charge in [-0.2, -0.15) is 0 Å². The number of nitrogens with zero attached hydrogens (tertiary/aromatic N) is 1. The minimum Gasteiger partial charge on any atom is -0.506 e. The Labute approximate surface area is 144 Å². The molecule has 2 aromatic rings. The normalized spacial score (nSPS) is 14.5. The van der Waals surface area contributed by atoms with E-state index in [0.29, 0.717) is 11.4 Å². The van der Waals surface area contributed by atoms with E-state index in [4.69, 9.17) is 11.6 Å². The van der Waals surface area contributed by atoms with E-state index >= 15 is 0 Å². The van der Waals surface area contributed by atoms with Gasteiger partial charge in [0.1, 0.15) is 16.5 Å². The molecule has 6 heteroatoms. The average molecular weight is 343 g/mol. The molecule has 2 aromatic carbocycles. The molecule has 5 nitrogen and oxygen atoms in total. The highest BCUT2D eigenvalue weighted by atomic mass is 35.5. The van der Waals surface area contributed by atoms with Crippen molar-refractivity contribution in [1.29, 1.82) is 0 Å². The molecule has 1 aliphatic rings. The second-order valence-electron chi connectivity index (χ2n) is 5.57. The van der Waals surface area contributed by atoms with E-state index in [1.165, 1.54) is 6.07 Å². The minimum atomic E-state index is -0.592. The molecule has 122 valence electrons. The fraction of sp³-hybridized carbons (Fsp3) is 0.111.